The van der Waals surface area contributed by atoms with Crippen LogP contribution in [0.1, 0.15) is 68.2 Å². The van der Waals surface area contributed by atoms with E-state index in [1.54, 1.807) is 12.1 Å². The number of hydrogen-bond donors (Lipinski definition) is 3. The van der Waals surface area contributed by atoms with Crippen molar-refractivity contribution in [1.82, 2.24) is 40.1 Å². The molecule has 0 spiro atoms. The van der Waals surface area contributed by atoms with Crippen molar-refractivity contribution >= 4 is 11.6 Å². The van der Waals surface area contributed by atoms with Crippen molar-refractivity contribution in [2.75, 3.05) is 13.1 Å². The summed E-state index contributed by atoms with van der Waals surface area (Å²) in [5.74, 6) is 1.14. The number of imidazole rings is 1. The first-order chi connectivity index (χ1) is 20.9. The number of benzene rings is 2. The van der Waals surface area contributed by atoms with Crippen molar-refractivity contribution in [3.63, 3.8) is 0 Å². The van der Waals surface area contributed by atoms with Gasteiger partial charge in [0.1, 0.15) is 23.4 Å². The number of aromatic amines is 1. The van der Waals surface area contributed by atoms with Crippen LogP contribution in [0.2, 0.25) is 5.15 Å². The summed E-state index contributed by atoms with van der Waals surface area (Å²) in [7, 11) is 0. The van der Waals surface area contributed by atoms with Gasteiger partial charge in [0.2, 0.25) is 5.82 Å². The molecule has 0 aliphatic heterocycles. The first kappa shape index (κ1) is 30.3. The van der Waals surface area contributed by atoms with Crippen LogP contribution in [0.3, 0.4) is 0 Å². The molecule has 11 heteroatoms. The second-order valence-electron chi connectivity index (χ2n) is 10.4. The molecule has 3 heterocycles. The Hall–Kier alpha value is -4.12. The fraction of sp³-hybridized carbons (Fsp3) is 0.344. The molecule has 0 radical (unpaired) electrons. The zero-order valence-corrected chi connectivity index (χ0v) is 25.5. The number of tetrazole rings is 1. The lowest BCUT2D eigenvalue weighted by molar-refractivity contribution is 0.199. The normalized spacial score (nSPS) is 12.2. The molecule has 10 nitrogen and oxygen atoms in total. The highest BCUT2D eigenvalue weighted by Crippen LogP contribution is 2.35. The molecule has 2 aromatic carbocycles. The third-order valence-electron chi connectivity index (χ3n) is 7.65. The van der Waals surface area contributed by atoms with Crippen molar-refractivity contribution in [3.8, 4) is 28.3 Å². The van der Waals surface area contributed by atoms with E-state index in [4.69, 9.17) is 11.6 Å². The molecule has 0 fully saturated rings. The van der Waals surface area contributed by atoms with Gasteiger partial charge in [-0.2, -0.15) is 5.21 Å². The molecule has 3 N–H and O–H groups in total. The van der Waals surface area contributed by atoms with Crippen molar-refractivity contribution < 1.29 is 10.2 Å². The number of rotatable bonds is 13. The van der Waals surface area contributed by atoms with Crippen LogP contribution in [0.4, 0.5) is 0 Å². The molecule has 3 aromatic heterocycles. The lowest BCUT2D eigenvalue weighted by Crippen LogP contribution is -2.23. The molecule has 5 rings (SSSR count). The minimum Gasteiger partial charge on any atom is -0.506 e. The fourth-order valence-electron chi connectivity index (χ4n) is 5.25. The Morgan fingerprint density at radius 3 is 2.47 bits per heavy atom. The van der Waals surface area contributed by atoms with E-state index in [1.165, 1.54) is 0 Å². The molecule has 224 valence electrons. The van der Waals surface area contributed by atoms with E-state index in [-0.39, 0.29) is 16.6 Å². The lowest BCUT2D eigenvalue weighted by atomic mass is 9.97. The quantitative estimate of drug-likeness (QED) is 0.155. The van der Waals surface area contributed by atoms with Crippen LogP contribution in [0.5, 0.6) is 5.75 Å². The minimum atomic E-state index is -1.28. The van der Waals surface area contributed by atoms with Crippen molar-refractivity contribution in [2.24, 2.45) is 0 Å². The maximum absolute atomic E-state index is 11.7. The van der Waals surface area contributed by atoms with Crippen LogP contribution >= 0.6 is 11.6 Å². The summed E-state index contributed by atoms with van der Waals surface area (Å²) in [4.78, 5) is 11.6. The molecule has 0 bridgehead atoms. The third kappa shape index (κ3) is 6.77. The van der Waals surface area contributed by atoms with E-state index in [1.807, 2.05) is 53.1 Å². The number of H-pyrrole nitrogens is 1. The maximum atomic E-state index is 11.7. The van der Waals surface area contributed by atoms with Gasteiger partial charge in [-0.1, -0.05) is 81.3 Å². The van der Waals surface area contributed by atoms with Crippen molar-refractivity contribution in [2.45, 2.75) is 59.2 Å². The summed E-state index contributed by atoms with van der Waals surface area (Å²) in [6.45, 7) is 9.02. The summed E-state index contributed by atoms with van der Waals surface area (Å²) in [5, 5.41) is 37.5. The van der Waals surface area contributed by atoms with E-state index in [0.717, 1.165) is 59.7 Å². The van der Waals surface area contributed by atoms with Crippen LogP contribution < -0.4 is 0 Å². The molecule has 1 unspecified atom stereocenters. The van der Waals surface area contributed by atoms with Gasteiger partial charge in [-0.15, -0.1) is 10.2 Å². The van der Waals surface area contributed by atoms with Gasteiger partial charge in [-0.05, 0) is 59.6 Å². The van der Waals surface area contributed by atoms with Crippen LogP contribution in [0, 0.1) is 0 Å². The average molecular weight is 601 g/mol. The predicted molar refractivity (Wildman–Crippen MR) is 167 cm³/mol. The summed E-state index contributed by atoms with van der Waals surface area (Å²) in [6.07, 6.45) is 1.29. The number of aromatic hydroxyl groups is 1. The number of halogens is 1. The molecular formula is C32H37ClN8O2. The summed E-state index contributed by atoms with van der Waals surface area (Å²) < 4.78 is 1.94. The maximum Gasteiger partial charge on any atom is 0.205 e. The smallest absolute Gasteiger partial charge is 0.205 e. The second-order valence-corrected chi connectivity index (χ2v) is 10.8. The Morgan fingerprint density at radius 2 is 1.77 bits per heavy atom. The SMILES string of the molecule is CCCCc1nc(Cl)c(C(O)c2nc(CN(CC)CC)ccc2O)n1Cc1ccc(-c2ccccc2)c(-c2nn[nH]n2)c1. The molecule has 5 aromatic rings. The number of nitrogens with zero attached hydrogens (tertiary/aromatic N) is 7. The molecule has 0 aliphatic carbocycles. The zero-order valence-electron chi connectivity index (χ0n) is 24.7. The van der Waals surface area contributed by atoms with Crippen LogP contribution in [-0.4, -0.2) is 63.4 Å². The Bertz CT molecular complexity index is 1640. The second kappa shape index (κ2) is 13.9. The number of aromatic nitrogens is 7. The van der Waals surface area contributed by atoms with E-state index in [0.29, 0.717) is 31.0 Å². The molecular weight excluding hydrogens is 564 g/mol. The Morgan fingerprint density at radius 1 is 0.977 bits per heavy atom. The summed E-state index contributed by atoms with van der Waals surface area (Å²) >= 11 is 6.74. The number of nitrogens with one attached hydrogen (secondary N) is 1. The van der Waals surface area contributed by atoms with E-state index in [2.05, 4.69) is 56.3 Å². The molecule has 0 amide bonds. The number of aliphatic hydroxyl groups is 1. The molecule has 0 saturated heterocycles. The topological polar surface area (TPSA) is 129 Å². The van der Waals surface area contributed by atoms with Gasteiger partial charge < -0.3 is 14.8 Å². The minimum absolute atomic E-state index is 0.0960. The van der Waals surface area contributed by atoms with Crippen LogP contribution in [0.25, 0.3) is 22.5 Å². The Balaban J connectivity index is 1.56. The highest BCUT2D eigenvalue weighted by Gasteiger charge is 2.27. The number of unbranched alkanes of at least 4 members (excludes halogenated alkanes) is 1. The van der Waals surface area contributed by atoms with E-state index in [9.17, 15) is 10.2 Å². The molecule has 0 aliphatic rings. The predicted octanol–water partition coefficient (Wildman–Crippen LogP) is 5.80. The largest absolute Gasteiger partial charge is 0.506 e. The Labute approximate surface area is 256 Å². The average Bonchev–Trinajstić information content (AvgIpc) is 3.68. The lowest BCUT2D eigenvalue weighted by Gasteiger charge is -2.20. The fourth-order valence-corrected chi connectivity index (χ4v) is 5.55. The highest BCUT2D eigenvalue weighted by atomic mass is 35.5. The van der Waals surface area contributed by atoms with E-state index < -0.39 is 6.10 Å². The standard InChI is InChI=1S/C32H37ClN8O2/c1-4-7-13-27-35-31(33)29(30(43)28-26(42)17-15-23(34-28)20-40(5-2)6-3)41(27)19-21-14-16-24(22-11-9-8-10-12-22)25(18-21)32-36-38-39-37-32/h8-12,14-18,30,42-43H,4-7,13,19-20H2,1-3H3,(H,36,37,38,39). The summed E-state index contributed by atoms with van der Waals surface area (Å²) in [6, 6.07) is 19.5. The number of aryl methyl sites for hydroxylation is 1. The zero-order chi connectivity index (χ0) is 30.3. The van der Waals surface area contributed by atoms with Gasteiger partial charge in [0, 0.05) is 25.1 Å². The first-order valence-corrected chi connectivity index (χ1v) is 15.1. The van der Waals surface area contributed by atoms with Crippen LogP contribution in [-0.2, 0) is 19.5 Å². The number of hydrogen-bond acceptors (Lipinski definition) is 8. The van der Waals surface area contributed by atoms with Crippen LogP contribution in [0.15, 0.2) is 60.7 Å². The third-order valence-corrected chi connectivity index (χ3v) is 7.93. The molecule has 43 heavy (non-hydrogen) atoms. The van der Waals surface area contributed by atoms with Gasteiger partial charge in [0.15, 0.2) is 5.15 Å². The monoisotopic (exact) mass is 600 g/mol. The molecule has 0 saturated carbocycles. The van der Waals surface area contributed by atoms with Gasteiger partial charge >= 0.3 is 0 Å². The van der Waals surface area contributed by atoms with Gasteiger partial charge in [0.05, 0.1) is 11.4 Å². The van der Waals surface area contributed by atoms with E-state index >= 15 is 0 Å². The van der Waals surface area contributed by atoms with Crippen molar-refractivity contribution in [3.05, 3.63) is 94.3 Å². The van der Waals surface area contributed by atoms with Gasteiger partial charge in [0.25, 0.3) is 0 Å². The molecule has 1 atom stereocenters. The Kier molecular flexibility index (Phi) is 9.81. The van der Waals surface area contributed by atoms with Crippen molar-refractivity contribution in [1.29, 1.82) is 0 Å². The first-order valence-electron chi connectivity index (χ1n) is 14.7. The number of pyridine rings is 1. The highest BCUT2D eigenvalue weighted by molar-refractivity contribution is 6.30. The number of aliphatic hydroxyl groups excluding tert-OH is 1. The van der Waals surface area contributed by atoms with Gasteiger partial charge in [-0.3, -0.25) is 4.90 Å². The summed E-state index contributed by atoms with van der Waals surface area (Å²) in [5.41, 5.74) is 5.07. The van der Waals surface area contributed by atoms with Gasteiger partial charge in [-0.25, -0.2) is 9.97 Å².